The first kappa shape index (κ1) is 19.3. The number of thioether (sulfide) groups is 1. The lowest BCUT2D eigenvalue weighted by Gasteiger charge is -2.03. The Hall–Kier alpha value is -1.42. The highest BCUT2D eigenvalue weighted by Gasteiger charge is 2.15. The Kier molecular flexibility index (Phi) is 6.33. The number of anilines is 2. The molecule has 3 aromatic rings. The molecule has 0 aliphatic rings. The SMILES string of the molecule is Cc1ccc(Nc2nnc(SCCS(=O)(=O)c3ccc(Br)cc3)s2)cc1. The highest BCUT2D eigenvalue weighted by Crippen LogP contribution is 2.28. The number of sulfone groups is 1. The van der Waals surface area contributed by atoms with Gasteiger partial charge in [0.15, 0.2) is 14.2 Å². The van der Waals surface area contributed by atoms with Crippen molar-refractivity contribution in [3.63, 3.8) is 0 Å². The minimum atomic E-state index is -3.29. The van der Waals surface area contributed by atoms with Crippen molar-refractivity contribution < 1.29 is 8.42 Å². The van der Waals surface area contributed by atoms with Crippen LogP contribution in [0, 0.1) is 6.92 Å². The molecule has 0 bridgehead atoms. The van der Waals surface area contributed by atoms with E-state index in [0.717, 1.165) is 14.5 Å². The van der Waals surface area contributed by atoms with Crippen LogP contribution in [0.1, 0.15) is 5.56 Å². The summed E-state index contributed by atoms with van der Waals surface area (Å²) >= 11 is 6.11. The van der Waals surface area contributed by atoms with Crippen molar-refractivity contribution in [3.8, 4) is 0 Å². The highest BCUT2D eigenvalue weighted by atomic mass is 79.9. The topological polar surface area (TPSA) is 72.0 Å². The Morgan fingerprint density at radius 3 is 2.46 bits per heavy atom. The number of aryl methyl sites for hydroxylation is 1. The van der Waals surface area contributed by atoms with E-state index in [1.54, 1.807) is 24.3 Å². The number of hydrogen-bond donors (Lipinski definition) is 1. The van der Waals surface area contributed by atoms with Crippen molar-refractivity contribution in [2.45, 2.75) is 16.2 Å². The molecule has 0 saturated carbocycles. The zero-order valence-corrected chi connectivity index (χ0v) is 17.9. The molecule has 136 valence electrons. The second-order valence-corrected chi connectivity index (χ2v) is 10.8. The third-order valence-electron chi connectivity index (χ3n) is 3.46. The van der Waals surface area contributed by atoms with Gasteiger partial charge in [-0.25, -0.2) is 8.42 Å². The maximum absolute atomic E-state index is 12.3. The van der Waals surface area contributed by atoms with Gasteiger partial charge in [-0.1, -0.05) is 56.7 Å². The minimum Gasteiger partial charge on any atom is -0.330 e. The molecule has 0 amide bonds. The molecule has 0 radical (unpaired) electrons. The molecule has 5 nitrogen and oxygen atoms in total. The maximum atomic E-state index is 12.3. The molecule has 3 rings (SSSR count). The summed E-state index contributed by atoms with van der Waals surface area (Å²) in [4.78, 5) is 0.334. The maximum Gasteiger partial charge on any atom is 0.210 e. The van der Waals surface area contributed by atoms with Gasteiger partial charge in [-0.2, -0.15) is 0 Å². The molecular formula is C17H16BrN3O2S3. The van der Waals surface area contributed by atoms with E-state index in [1.807, 2.05) is 31.2 Å². The largest absolute Gasteiger partial charge is 0.330 e. The second kappa shape index (κ2) is 8.51. The van der Waals surface area contributed by atoms with Gasteiger partial charge < -0.3 is 5.32 Å². The van der Waals surface area contributed by atoms with Crippen molar-refractivity contribution in [3.05, 3.63) is 58.6 Å². The van der Waals surface area contributed by atoms with Gasteiger partial charge in [0, 0.05) is 15.9 Å². The summed E-state index contributed by atoms with van der Waals surface area (Å²) in [7, 11) is -3.29. The lowest BCUT2D eigenvalue weighted by atomic mass is 10.2. The van der Waals surface area contributed by atoms with Gasteiger partial charge in [0.05, 0.1) is 10.6 Å². The number of benzene rings is 2. The van der Waals surface area contributed by atoms with Crippen molar-refractivity contribution in [2.75, 3.05) is 16.8 Å². The molecule has 0 saturated heterocycles. The van der Waals surface area contributed by atoms with E-state index < -0.39 is 9.84 Å². The predicted octanol–water partition coefficient (Wildman–Crippen LogP) is 4.92. The fourth-order valence-electron chi connectivity index (χ4n) is 2.08. The summed E-state index contributed by atoms with van der Waals surface area (Å²) < 4.78 is 26.3. The summed E-state index contributed by atoms with van der Waals surface area (Å²) in [5.74, 6) is 0.483. The van der Waals surface area contributed by atoms with E-state index in [-0.39, 0.29) is 5.75 Å². The number of nitrogens with zero attached hydrogens (tertiary/aromatic N) is 2. The Bertz CT molecular complexity index is 971. The van der Waals surface area contributed by atoms with Crippen LogP contribution in [-0.4, -0.2) is 30.1 Å². The first-order valence-corrected chi connectivity index (χ1v) is 12.0. The number of nitrogens with one attached hydrogen (secondary N) is 1. The van der Waals surface area contributed by atoms with Gasteiger partial charge in [0.1, 0.15) is 0 Å². The molecule has 0 aliphatic heterocycles. The summed E-state index contributed by atoms with van der Waals surface area (Å²) in [6.07, 6.45) is 0. The summed E-state index contributed by atoms with van der Waals surface area (Å²) in [6, 6.07) is 14.7. The standard InChI is InChI=1S/C17H16BrN3O2S3/c1-12-2-6-14(7-3-12)19-16-20-21-17(25-16)24-10-11-26(22,23)15-8-4-13(18)5-9-15/h2-9H,10-11H2,1H3,(H,19,20). The van der Waals surface area contributed by atoms with Gasteiger partial charge in [0.25, 0.3) is 0 Å². The van der Waals surface area contributed by atoms with Crippen molar-refractivity contribution in [1.82, 2.24) is 10.2 Å². The molecular weight excluding hydrogens is 454 g/mol. The van der Waals surface area contributed by atoms with Gasteiger partial charge >= 0.3 is 0 Å². The Labute approximate surface area is 169 Å². The van der Waals surface area contributed by atoms with Crippen molar-refractivity contribution in [1.29, 1.82) is 0 Å². The average molecular weight is 470 g/mol. The van der Waals surface area contributed by atoms with Crippen LogP contribution < -0.4 is 5.32 Å². The summed E-state index contributed by atoms with van der Waals surface area (Å²) in [5, 5.41) is 12.1. The summed E-state index contributed by atoms with van der Waals surface area (Å²) in [5.41, 5.74) is 2.14. The smallest absolute Gasteiger partial charge is 0.210 e. The normalized spacial score (nSPS) is 11.5. The van der Waals surface area contributed by atoms with Crippen LogP contribution >= 0.6 is 39.0 Å². The third-order valence-corrected chi connectivity index (χ3v) is 7.95. The van der Waals surface area contributed by atoms with Crippen LogP contribution in [0.25, 0.3) is 0 Å². The first-order chi connectivity index (χ1) is 12.4. The number of aromatic nitrogens is 2. The molecule has 1 heterocycles. The molecule has 0 spiro atoms. The molecule has 9 heteroatoms. The predicted molar refractivity (Wildman–Crippen MR) is 111 cm³/mol. The number of rotatable bonds is 7. The Morgan fingerprint density at radius 1 is 1.08 bits per heavy atom. The zero-order valence-electron chi connectivity index (χ0n) is 13.8. The molecule has 0 fully saturated rings. The fraction of sp³-hybridized carbons (Fsp3) is 0.176. The van der Waals surface area contributed by atoms with Gasteiger partial charge in [0.2, 0.25) is 5.13 Å². The monoisotopic (exact) mass is 469 g/mol. The minimum absolute atomic E-state index is 0.0552. The third kappa shape index (κ3) is 5.29. The number of hydrogen-bond acceptors (Lipinski definition) is 7. The number of halogens is 1. The van der Waals surface area contributed by atoms with E-state index in [9.17, 15) is 8.42 Å². The van der Waals surface area contributed by atoms with Crippen molar-refractivity contribution >= 4 is 59.7 Å². The zero-order chi connectivity index (χ0) is 18.6. The lowest BCUT2D eigenvalue weighted by molar-refractivity contribution is 0.597. The molecule has 1 N–H and O–H groups in total. The van der Waals surface area contributed by atoms with Crippen LogP contribution in [-0.2, 0) is 9.84 Å². The van der Waals surface area contributed by atoms with Crippen LogP contribution in [0.4, 0.5) is 10.8 Å². The molecule has 0 aliphatic carbocycles. The van der Waals surface area contributed by atoms with Gasteiger partial charge in [-0.05, 0) is 43.3 Å². The van der Waals surface area contributed by atoms with E-state index in [1.165, 1.54) is 28.7 Å². The second-order valence-electron chi connectivity index (χ2n) is 5.49. The van der Waals surface area contributed by atoms with Crippen LogP contribution in [0.3, 0.4) is 0 Å². The van der Waals surface area contributed by atoms with Crippen LogP contribution in [0.5, 0.6) is 0 Å². The first-order valence-electron chi connectivity index (χ1n) is 7.71. The van der Waals surface area contributed by atoms with Crippen LogP contribution in [0.2, 0.25) is 0 Å². The Balaban J connectivity index is 1.54. The van der Waals surface area contributed by atoms with E-state index in [2.05, 4.69) is 31.4 Å². The quantitative estimate of drug-likeness (QED) is 0.495. The molecule has 26 heavy (non-hydrogen) atoms. The Morgan fingerprint density at radius 2 is 1.77 bits per heavy atom. The molecule has 2 aromatic carbocycles. The summed E-state index contributed by atoms with van der Waals surface area (Å²) in [6.45, 7) is 2.03. The van der Waals surface area contributed by atoms with Crippen LogP contribution in [0.15, 0.2) is 62.2 Å². The lowest BCUT2D eigenvalue weighted by Crippen LogP contribution is -2.08. The van der Waals surface area contributed by atoms with Gasteiger partial charge in [-0.3, -0.25) is 0 Å². The molecule has 0 atom stereocenters. The van der Waals surface area contributed by atoms with Gasteiger partial charge in [-0.15, -0.1) is 10.2 Å². The average Bonchev–Trinajstić information content (AvgIpc) is 3.04. The van der Waals surface area contributed by atoms with E-state index in [4.69, 9.17) is 0 Å². The highest BCUT2D eigenvalue weighted by molar-refractivity contribution is 9.10. The molecule has 0 unspecified atom stereocenters. The van der Waals surface area contributed by atoms with E-state index in [0.29, 0.717) is 15.8 Å². The molecule has 1 aromatic heterocycles. The van der Waals surface area contributed by atoms with E-state index >= 15 is 0 Å². The van der Waals surface area contributed by atoms with Crippen molar-refractivity contribution in [2.24, 2.45) is 0 Å². The fourth-order valence-corrected chi connectivity index (χ4v) is 5.83.